The number of para-hydroxylation sites is 1. The Morgan fingerprint density at radius 1 is 1.15 bits per heavy atom. The molecule has 3 rings (SSSR count). The van der Waals surface area contributed by atoms with Gasteiger partial charge in [-0.1, -0.05) is 29.8 Å². The van der Waals surface area contributed by atoms with Crippen molar-refractivity contribution in [3.8, 4) is 5.75 Å². The Balaban J connectivity index is 1.61. The van der Waals surface area contributed by atoms with Crippen molar-refractivity contribution in [2.45, 2.75) is 6.42 Å². The highest BCUT2D eigenvalue weighted by Crippen LogP contribution is 2.22. The number of halogens is 2. The number of hydrogen-bond donors (Lipinski definition) is 2. The Bertz CT molecular complexity index is 891. The van der Waals surface area contributed by atoms with Crippen molar-refractivity contribution in [1.29, 1.82) is 0 Å². The van der Waals surface area contributed by atoms with E-state index in [0.29, 0.717) is 24.0 Å². The van der Waals surface area contributed by atoms with Gasteiger partial charge in [-0.05, 0) is 42.3 Å². The van der Waals surface area contributed by atoms with E-state index in [4.69, 9.17) is 16.3 Å². The molecule has 0 fully saturated rings. The molecule has 2 aromatic carbocycles. The summed E-state index contributed by atoms with van der Waals surface area (Å²) in [6.07, 6.45) is 2.42. The number of benzene rings is 2. The number of nitrogens with zero attached hydrogens (tertiary/aromatic N) is 2. The molecule has 134 valence electrons. The Kier molecular flexibility index (Phi) is 5.86. The minimum absolute atomic E-state index is 0.0548. The standard InChI is InChI=1S/C19H18ClFN4O/c1-26-17-5-3-2-4-13(17)8-10-22-19-23-11-9-18(25-19)24-14-6-7-16(21)15(20)12-14/h2-7,9,11-12H,8,10H2,1H3,(H2,22,23,24,25). The molecule has 0 radical (unpaired) electrons. The van der Waals surface area contributed by atoms with Gasteiger partial charge in [0.1, 0.15) is 17.4 Å². The number of nitrogens with one attached hydrogen (secondary N) is 2. The molecule has 0 spiro atoms. The van der Waals surface area contributed by atoms with Crippen LogP contribution in [0.2, 0.25) is 5.02 Å². The highest BCUT2D eigenvalue weighted by atomic mass is 35.5. The average Bonchev–Trinajstić information content (AvgIpc) is 2.65. The van der Waals surface area contributed by atoms with E-state index in [1.165, 1.54) is 12.1 Å². The van der Waals surface area contributed by atoms with Gasteiger partial charge < -0.3 is 15.4 Å². The van der Waals surface area contributed by atoms with Crippen LogP contribution in [0.3, 0.4) is 0 Å². The van der Waals surface area contributed by atoms with Crippen LogP contribution in [-0.4, -0.2) is 23.6 Å². The summed E-state index contributed by atoms with van der Waals surface area (Å²) in [5.74, 6) is 1.48. The molecule has 7 heteroatoms. The summed E-state index contributed by atoms with van der Waals surface area (Å²) in [6.45, 7) is 0.659. The van der Waals surface area contributed by atoms with E-state index in [2.05, 4.69) is 20.6 Å². The van der Waals surface area contributed by atoms with Gasteiger partial charge >= 0.3 is 0 Å². The zero-order chi connectivity index (χ0) is 18.4. The van der Waals surface area contributed by atoms with Crippen molar-refractivity contribution in [3.05, 3.63) is 71.1 Å². The van der Waals surface area contributed by atoms with Gasteiger partial charge in [-0.2, -0.15) is 4.98 Å². The molecule has 0 aliphatic heterocycles. The largest absolute Gasteiger partial charge is 0.496 e. The Morgan fingerprint density at radius 2 is 2.00 bits per heavy atom. The van der Waals surface area contributed by atoms with E-state index in [1.807, 2.05) is 24.3 Å². The molecule has 0 saturated carbocycles. The summed E-state index contributed by atoms with van der Waals surface area (Å²) in [5.41, 5.74) is 1.76. The van der Waals surface area contributed by atoms with Gasteiger partial charge in [0.05, 0.1) is 12.1 Å². The first-order valence-corrected chi connectivity index (χ1v) is 8.44. The summed E-state index contributed by atoms with van der Waals surface area (Å²) in [5, 5.41) is 6.32. The monoisotopic (exact) mass is 372 g/mol. The van der Waals surface area contributed by atoms with Crippen molar-refractivity contribution in [2.75, 3.05) is 24.3 Å². The maximum Gasteiger partial charge on any atom is 0.224 e. The van der Waals surface area contributed by atoms with Crippen molar-refractivity contribution < 1.29 is 9.13 Å². The topological polar surface area (TPSA) is 59.1 Å². The molecule has 0 saturated heterocycles. The van der Waals surface area contributed by atoms with E-state index in [-0.39, 0.29) is 5.02 Å². The molecule has 0 atom stereocenters. The second-order valence-electron chi connectivity index (χ2n) is 5.51. The lowest BCUT2D eigenvalue weighted by Crippen LogP contribution is -2.09. The first kappa shape index (κ1) is 17.9. The number of ether oxygens (including phenoxy) is 1. The van der Waals surface area contributed by atoms with Gasteiger partial charge in [-0.25, -0.2) is 9.37 Å². The molecule has 1 heterocycles. The maximum atomic E-state index is 13.2. The molecule has 0 aliphatic rings. The van der Waals surface area contributed by atoms with Crippen molar-refractivity contribution in [3.63, 3.8) is 0 Å². The van der Waals surface area contributed by atoms with Crippen molar-refractivity contribution >= 4 is 29.1 Å². The van der Waals surface area contributed by atoms with Gasteiger partial charge in [0.2, 0.25) is 5.95 Å². The van der Waals surface area contributed by atoms with Crippen molar-refractivity contribution in [2.24, 2.45) is 0 Å². The van der Waals surface area contributed by atoms with E-state index in [1.54, 1.807) is 25.4 Å². The molecule has 0 amide bonds. The molecule has 0 unspecified atom stereocenters. The van der Waals surface area contributed by atoms with Crippen LogP contribution in [0, 0.1) is 5.82 Å². The molecular formula is C19H18ClFN4O. The van der Waals surface area contributed by atoms with E-state index in [0.717, 1.165) is 17.7 Å². The number of aromatic nitrogens is 2. The summed E-state index contributed by atoms with van der Waals surface area (Å²) in [7, 11) is 1.66. The number of rotatable bonds is 7. The lowest BCUT2D eigenvalue weighted by Gasteiger charge is -2.10. The van der Waals surface area contributed by atoms with Gasteiger partial charge in [0.25, 0.3) is 0 Å². The van der Waals surface area contributed by atoms with Crippen LogP contribution in [0.4, 0.5) is 21.8 Å². The van der Waals surface area contributed by atoms with Gasteiger partial charge in [-0.15, -0.1) is 0 Å². The fraction of sp³-hybridized carbons (Fsp3) is 0.158. The average molecular weight is 373 g/mol. The lowest BCUT2D eigenvalue weighted by molar-refractivity contribution is 0.410. The molecule has 5 nitrogen and oxygen atoms in total. The molecule has 0 bridgehead atoms. The zero-order valence-electron chi connectivity index (χ0n) is 14.2. The molecular weight excluding hydrogens is 355 g/mol. The van der Waals surface area contributed by atoms with Crippen LogP contribution in [0.1, 0.15) is 5.56 Å². The van der Waals surface area contributed by atoms with Crippen LogP contribution >= 0.6 is 11.6 Å². The predicted octanol–water partition coefficient (Wildman–Crippen LogP) is 4.68. The molecule has 0 aliphatic carbocycles. The number of methoxy groups -OCH3 is 1. The van der Waals surface area contributed by atoms with E-state index >= 15 is 0 Å². The molecule has 2 N–H and O–H groups in total. The highest BCUT2D eigenvalue weighted by molar-refractivity contribution is 6.31. The molecule has 26 heavy (non-hydrogen) atoms. The number of hydrogen-bond acceptors (Lipinski definition) is 5. The fourth-order valence-electron chi connectivity index (χ4n) is 2.45. The maximum absolute atomic E-state index is 13.2. The Labute approximate surface area is 156 Å². The number of anilines is 3. The van der Waals surface area contributed by atoms with Crippen molar-refractivity contribution in [1.82, 2.24) is 9.97 Å². The summed E-state index contributed by atoms with van der Waals surface area (Å²) < 4.78 is 18.6. The van der Waals surface area contributed by atoms with Crippen LogP contribution in [0.5, 0.6) is 5.75 Å². The third-order valence-corrected chi connectivity index (χ3v) is 4.01. The molecule has 3 aromatic rings. The van der Waals surface area contributed by atoms with Gasteiger partial charge in [-0.3, -0.25) is 0 Å². The fourth-order valence-corrected chi connectivity index (χ4v) is 2.63. The van der Waals surface area contributed by atoms with Gasteiger partial charge in [0.15, 0.2) is 0 Å². The lowest BCUT2D eigenvalue weighted by atomic mass is 10.1. The second kappa shape index (κ2) is 8.49. The summed E-state index contributed by atoms with van der Waals surface area (Å²) in [6, 6.07) is 14.0. The van der Waals surface area contributed by atoms with E-state index < -0.39 is 5.82 Å². The third kappa shape index (κ3) is 4.61. The Morgan fingerprint density at radius 3 is 2.81 bits per heavy atom. The molecule has 1 aromatic heterocycles. The highest BCUT2D eigenvalue weighted by Gasteiger charge is 2.05. The van der Waals surface area contributed by atoms with Gasteiger partial charge in [0, 0.05) is 18.4 Å². The summed E-state index contributed by atoms with van der Waals surface area (Å²) >= 11 is 5.79. The van der Waals surface area contributed by atoms with Crippen LogP contribution < -0.4 is 15.4 Å². The normalized spacial score (nSPS) is 10.4. The van der Waals surface area contributed by atoms with Crippen LogP contribution in [0.15, 0.2) is 54.7 Å². The van der Waals surface area contributed by atoms with Crippen LogP contribution in [-0.2, 0) is 6.42 Å². The second-order valence-corrected chi connectivity index (χ2v) is 5.92. The zero-order valence-corrected chi connectivity index (χ0v) is 14.9. The first-order valence-electron chi connectivity index (χ1n) is 8.06. The third-order valence-electron chi connectivity index (χ3n) is 3.72. The van der Waals surface area contributed by atoms with Crippen LogP contribution in [0.25, 0.3) is 0 Å². The first-order chi connectivity index (χ1) is 12.7. The predicted molar refractivity (Wildman–Crippen MR) is 102 cm³/mol. The quantitative estimate of drug-likeness (QED) is 0.630. The minimum atomic E-state index is -0.460. The minimum Gasteiger partial charge on any atom is -0.496 e. The smallest absolute Gasteiger partial charge is 0.224 e. The summed E-state index contributed by atoms with van der Waals surface area (Å²) in [4.78, 5) is 8.60. The van der Waals surface area contributed by atoms with E-state index in [9.17, 15) is 4.39 Å². The Hall–Kier alpha value is -2.86. The SMILES string of the molecule is COc1ccccc1CCNc1nccc(Nc2ccc(F)c(Cl)c2)n1.